The van der Waals surface area contributed by atoms with Gasteiger partial charge in [0, 0.05) is 23.6 Å². The first kappa shape index (κ1) is 24.5. The first-order valence-electron chi connectivity index (χ1n) is 11.5. The standard InChI is InChI=1S/C27H23F3N2O5/c1-35-22-10-9-15(14-23(22)36-2)25-24-18(12-16(13-20(24)33)21-8-5-11-37-21)31-17-6-3-4-7-19(17)32(25)26(34)27(28,29)30/h3-11,14,16,25,31H,12-13H2,1-2H3. The molecule has 0 fully saturated rings. The zero-order chi connectivity index (χ0) is 26.3. The number of rotatable bonds is 4. The zero-order valence-electron chi connectivity index (χ0n) is 20.0. The summed E-state index contributed by atoms with van der Waals surface area (Å²) in [5.74, 6) is -1.57. The molecule has 2 unspecified atom stereocenters. The van der Waals surface area contributed by atoms with E-state index in [1.807, 2.05) is 0 Å². The molecule has 1 amide bonds. The second-order valence-electron chi connectivity index (χ2n) is 8.77. The maximum atomic E-state index is 14.0. The molecule has 7 nitrogen and oxygen atoms in total. The molecule has 37 heavy (non-hydrogen) atoms. The van der Waals surface area contributed by atoms with Crippen molar-refractivity contribution in [2.75, 3.05) is 24.4 Å². The number of nitrogens with zero attached hydrogens (tertiary/aromatic N) is 1. The quantitative estimate of drug-likeness (QED) is 0.479. The van der Waals surface area contributed by atoms with Crippen molar-refractivity contribution >= 4 is 23.1 Å². The van der Waals surface area contributed by atoms with Gasteiger partial charge in [-0.15, -0.1) is 0 Å². The Labute approximate surface area is 210 Å². The van der Waals surface area contributed by atoms with E-state index in [9.17, 15) is 22.8 Å². The van der Waals surface area contributed by atoms with Gasteiger partial charge in [0.1, 0.15) is 5.76 Å². The number of halogens is 3. The third-order valence-corrected chi connectivity index (χ3v) is 6.62. The molecule has 1 aromatic heterocycles. The van der Waals surface area contributed by atoms with Gasteiger partial charge in [0.05, 0.1) is 37.9 Å². The van der Waals surface area contributed by atoms with Crippen LogP contribution in [0.15, 0.2) is 76.5 Å². The second kappa shape index (κ2) is 9.34. The van der Waals surface area contributed by atoms with Crippen LogP contribution in [0.3, 0.4) is 0 Å². The zero-order valence-corrected chi connectivity index (χ0v) is 20.0. The van der Waals surface area contributed by atoms with Gasteiger partial charge in [0.25, 0.3) is 0 Å². The van der Waals surface area contributed by atoms with Crippen molar-refractivity contribution in [3.05, 3.63) is 83.5 Å². The van der Waals surface area contributed by atoms with Crippen LogP contribution in [0.25, 0.3) is 0 Å². The molecule has 0 bridgehead atoms. The van der Waals surface area contributed by atoms with E-state index < -0.39 is 18.1 Å². The molecule has 2 aliphatic rings. The van der Waals surface area contributed by atoms with E-state index in [2.05, 4.69) is 5.32 Å². The first-order valence-corrected chi connectivity index (χ1v) is 11.5. The van der Waals surface area contributed by atoms with Crippen LogP contribution in [0, 0.1) is 0 Å². The molecule has 0 saturated carbocycles. The molecule has 1 N–H and O–H groups in total. The summed E-state index contributed by atoms with van der Waals surface area (Å²) in [5, 5.41) is 3.17. The molecule has 2 heterocycles. The lowest BCUT2D eigenvalue weighted by Gasteiger charge is -2.35. The first-order chi connectivity index (χ1) is 17.7. The highest BCUT2D eigenvalue weighted by Gasteiger charge is 2.50. The minimum Gasteiger partial charge on any atom is -0.493 e. The number of amides is 1. The van der Waals surface area contributed by atoms with Crippen LogP contribution in [0.4, 0.5) is 24.5 Å². The van der Waals surface area contributed by atoms with Crippen LogP contribution in [0.2, 0.25) is 0 Å². The van der Waals surface area contributed by atoms with Crippen molar-refractivity contribution in [3.8, 4) is 11.5 Å². The number of nitrogens with one attached hydrogen (secondary N) is 1. The van der Waals surface area contributed by atoms with Gasteiger partial charge in [-0.05, 0) is 48.4 Å². The predicted octanol–water partition coefficient (Wildman–Crippen LogP) is 5.76. The number of ether oxygens (including phenoxy) is 2. The summed E-state index contributed by atoms with van der Waals surface area (Å²) < 4.78 is 58.2. The molecule has 1 aliphatic carbocycles. The number of allylic oxidation sites excluding steroid dienone is 1. The van der Waals surface area contributed by atoms with E-state index in [0.29, 0.717) is 28.5 Å². The lowest BCUT2D eigenvalue weighted by Crippen LogP contribution is -2.45. The van der Waals surface area contributed by atoms with Crippen LogP contribution >= 0.6 is 0 Å². The summed E-state index contributed by atoms with van der Waals surface area (Å²) in [4.78, 5) is 27.3. The van der Waals surface area contributed by atoms with Crippen molar-refractivity contribution in [3.63, 3.8) is 0 Å². The van der Waals surface area contributed by atoms with Crippen LogP contribution in [-0.4, -0.2) is 32.1 Å². The van der Waals surface area contributed by atoms with Gasteiger partial charge in [0.15, 0.2) is 17.3 Å². The van der Waals surface area contributed by atoms with E-state index >= 15 is 0 Å². The number of benzene rings is 2. The normalized spacial score (nSPS) is 19.5. The minimum absolute atomic E-state index is 0.00126. The predicted molar refractivity (Wildman–Crippen MR) is 129 cm³/mol. The molecule has 3 aromatic rings. The number of fused-ring (bicyclic) bond motifs is 1. The third kappa shape index (κ3) is 4.32. The highest BCUT2D eigenvalue weighted by molar-refractivity contribution is 6.07. The van der Waals surface area contributed by atoms with Crippen molar-refractivity contribution < 1.29 is 36.7 Å². The Balaban J connectivity index is 1.76. The molecule has 2 atom stereocenters. The summed E-state index contributed by atoms with van der Waals surface area (Å²) in [5.41, 5.74) is 1.07. The van der Waals surface area contributed by atoms with Gasteiger partial charge in [-0.25, -0.2) is 0 Å². The Morgan fingerprint density at radius 2 is 1.78 bits per heavy atom. The van der Waals surface area contributed by atoms with Crippen LogP contribution in [0.5, 0.6) is 11.5 Å². The Morgan fingerprint density at radius 1 is 1.03 bits per heavy atom. The SMILES string of the molecule is COc1ccc(C2C3=C(CC(c4ccco4)CC3=O)Nc3ccccc3N2C(=O)C(F)(F)F)cc1OC. The number of furan rings is 1. The molecule has 0 radical (unpaired) electrons. The van der Waals surface area contributed by atoms with Crippen LogP contribution < -0.4 is 19.7 Å². The Kier molecular flexibility index (Phi) is 6.18. The fraction of sp³-hybridized carbons (Fsp3) is 0.259. The number of ketones is 1. The minimum atomic E-state index is -5.19. The fourth-order valence-corrected chi connectivity index (χ4v) is 5.01. The van der Waals surface area contributed by atoms with Crippen molar-refractivity contribution in [2.45, 2.75) is 31.0 Å². The van der Waals surface area contributed by atoms with Gasteiger partial charge in [-0.3, -0.25) is 14.5 Å². The highest BCUT2D eigenvalue weighted by Crippen LogP contribution is 2.49. The number of methoxy groups -OCH3 is 2. The average Bonchev–Trinajstić information content (AvgIpc) is 3.37. The molecule has 10 heteroatoms. The number of carbonyl (C=O) groups is 2. The smallest absolute Gasteiger partial charge is 0.471 e. The van der Waals surface area contributed by atoms with E-state index in [1.165, 1.54) is 44.7 Å². The van der Waals surface area contributed by atoms with Gasteiger partial charge in [-0.2, -0.15) is 13.2 Å². The molecular formula is C27H23F3N2O5. The maximum Gasteiger partial charge on any atom is 0.471 e. The summed E-state index contributed by atoms with van der Waals surface area (Å²) in [6.45, 7) is 0. The maximum absolute atomic E-state index is 14.0. The van der Waals surface area contributed by atoms with E-state index in [1.54, 1.807) is 30.3 Å². The van der Waals surface area contributed by atoms with Crippen molar-refractivity contribution in [1.29, 1.82) is 0 Å². The average molecular weight is 512 g/mol. The lowest BCUT2D eigenvalue weighted by atomic mass is 9.80. The number of carbonyl (C=O) groups excluding carboxylic acids is 2. The molecule has 0 saturated heterocycles. The van der Waals surface area contributed by atoms with Crippen molar-refractivity contribution in [1.82, 2.24) is 0 Å². The van der Waals surface area contributed by atoms with Gasteiger partial charge < -0.3 is 19.2 Å². The summed E-state index contributed by atoms with van der Waals surface area (Å²) in [7, 11) is 2.83. The van der Waals surface area contributed by atoms with Gasteiger partial charge in [-0.1, -0.05) is 18.2 Å². The van der Waals surface area contributed by atoms with E-state index in [-0.39, 0.29) is 46.4 Å². The van der Waals surface area contributed by atoms with Gasteiger partial charge >= 0.3 is 12.1 Å². The fourth-order valence-electron chi connectivity index (χ4n) is 5.01. The molecule has 2 aromatic carbocycles. The molecular weight excluding hydrogens is 489 g/mol. The van der Waals surface area contributed by atoms with Crippen molar-refractivity contribution in [2.24, 2.45) is 0 Å². The summed E-state index contributed by atoms with van der Waals surface area (Å²) in [6, 6.07) is 12.9. The number of alkyl halides is 3. The van der Waals surface area contributed by atoms with E-state index in [4.69, 9.17) is 13.9 Å². The number of para-hydroxylation sites is 2. The number of hydrogen-bond donors (Lipinski definition) is 1. The van der Waals surface area contributed by atoms with Gasteiger partial charge in [0.2, 0.25) is 0 Å². The molecule has 5 rings (SSSR count). The Morgan fingerprint density at radius 3 is 2.46 bits per heavy atom. The largest absolute Gasteiger partial charge is 0.493 e. The topological polar surface area (TPSA) is 81.0 Å². The lowest BCUT2D eigenvalue weighted by molar-refractivity contribution is -0.170. The molecule has 0 spiro atoms. The molecule has 1 aliphatic heterocycles. The third-order valence-electron chi connectivity index (χ3n) is 6.62. The van der Waals surface area contributed by atoms with Crippen LogP contribution in [0.1, 0.15) is 36.1 Å². The number of anilines is 2. The second-order valence-corrected chi connectivity index (χ2v) is 8.77. The molecule has 192 valence electrons. The highest BCUT2D eigenvalue weighted by atomic mass is 19.4. The number of hydrogen-bond acceptors (Lipinski definition) is 6. The number of Topliss-reactive ketones (excluding diaryl/α,β-unsaturated/α-hetero) is 1. The van der Waals surface area contributed by atoms with Crippen LogP contribution in [-0.2, 0) is 9.59 Å². The van der Waals surface area contributed by atoms with E-state index in [0.717, 1.165) is 0 Å². The Bertz CT molecular complexity index is 1380. The Hall–Kier alpha value is -4.21. The summed E-state index contributed by atoms with van der Waals surface area (Å²) >= 11 is 0. The summed E-state index contributed by atoms with van der Waals surface area (Å²) in [6.07, 6.45) is -3.36. The monoisotopic (exact) mass is 512 g/mol.